The molecule has 160 valence electrons. The summed E-state index contributed by atoms with van der Waals surface area (Å²) in [6, 6.07) is 4.73. The molecule has 8 nitrogen and oxygen atoms in total. The van der Waals surface area contributed by atoms with E-state index in [1.807, 2.05) is 36.0 Å². The van der Waals surface area contributed by atoms with E-state index >= 15 is 0 Å². The monoisotopic (exact) mass is 437 g/mol. The van der Waals surface area contributed by atoms with Gasteiger partial charge < -0.3 is 19.4 Å². The quantitative estimate of drug-likeness (QED) is 0.525. The van der Waals surface area contributed by atoms with Gasteiger partial charge in [0.15, 0.2) is 5.65 Å². The van der Waals surface area contributed by atoms with E-state index in [-0.39, 0.29) is 0 Å². The Morgan fingerprint density at radius 2 is 1.84 bits per heavy atom. The van der Waals surface area contributed by atoms with Gasteiger partial charge in [0.2, 0.25) is 5.65 Å². The van der Waals surface area contributed by atoms with Gasteiger partial charge in [-0.1, -0.05) is 11.6 Å². The summed E-state index contributed by atoms with van der Waals surface area (Å²) >= 11 is 6.69. The fourth-order valence-corrected chi connectivity index (χ4v) is 4.49. The molecule has 1 aliphatic heterocycles. The molecule has 0 aromatic carbocycles. The first-order valence-corrected chi connectivity index (χ1v) is 10.7. The molecule has 0 saturated carbocycles. The molecule has 5 rings (SSSR count). The Kier molecular flexibility index (Phi) is 4.91. The predicted octanol–water partition coefficient (Wildman–Crippen LogP) is 3.50. The molecule has 1 aliphatic rings. The molecule has 5 heterocycles. The first-order valence-electron chi connectivity index (χ1n) is 10.3. The molecule has 4 aromatic rings. The lowest BCUT2D eigenvalue weighted by atomic mass is 10.1. The summed E-state index contributed by atoms with van der Waals surface area (Å²) in [7, 11) is 1.58. The van der Waals surface area contributed by atoms with Crippen LogP contribution in [0.25, 0.3) is 28.1 Å². The number of hydrogen-bond acceptors (Lipinski definition) is 7. The van der Waals surface area contributed by atoms with E-state index in [1.54, 1.807) is 7.11 Å². The van der Waals surface area contributed by atoms with E-state index in [2.05, 4.69) is 45.1 Å². The van der Waals surface area contributed by atoms with E-state index in [0.29, 0.717) is 45.7 Å². The van der Waals surface area contributed by atoms with E-state index < -0.39 is 0 Å². The lowest BCUT2D eigenvalue weighted by Gasteiger charge is -2.37. The number of imidazole rings is 1. The number of nitrogens with zero attached hydrogens (tertiary/aromatic N) is 6. The smallest absolute Gasteiger partial charge is 0.258 e. The van der Waals surface area contributed by atoms with Gasteiger partial charge in [-0.25, -0.2) is 19.9 Å². The average molecular weight is 438 g/mol. The number of fused-ring (bicyclic) bond motifs is 2. The van der Waals surface area contributed by atoms with Crippen LogP contribution < -0.4 is 15.0 Å². The number of aryl methyl sites for hydroxylation is 1. The van der Waals surface area contributed by atoms with Gasteiger partial charge in [0.25, 0.3) is 5.88 Å². The summed E-state index contributed by atoms with van der Waals surface area (Å²) in [6.07, 6.45) is 5.67. The number of aromatic nitrogens is 5. The summed E-state index contributed by atoms with van der Waals surface area (Å²) in [5.74, 6) is 0.439. The highest BCUT2D eigenvalue weighted by atomic mass is 35.5. The molecule has 31 heavy (non-hydrogen) atoms. The molecule has 0 bridgehead atoms. The Hall–Kier alpha value is -2.97. The second-order valence-electron chi connectivity index (χ2n) is 8.18. The van der Waals surface area contributed by atoms with Crippen molar-refractivity contribution in [3.05, 3.63) is 41.4 Å². The zero-order valence-corrected chi connectivity index (χ0v) is 18.7. The highest BCUT2D eigenvalue weighted by molar-refractivity contribution is 6.35. The fraction of sp³-hybridized carbons (Fsp3) is 0.364. The standard InChI is InChI=1S/C22H24ClN7O/c1-12-8-29(9-13(2)25-12)15-5-16-17(23)6-18(27-20(16)24-7-15)19-11-30-10-14(3)26-21(30)22(28-19)31-4/h5-7,10-13,25H,8-9H2,1-4H3. The maximum Gasteiger partial charge on any atom is 0.258 e. The van der Waals surface area contributed by atoms with Crippen molar-refractivity contribution in [2.24, 2.45) is 0 Å². The van der Waals surface area contributed by atoms with Gasteiger partial charge in [0.1, 0.15) is 5.69 Å². The zero-order valence-electron chi connectivity index (χ0n) is 17.9. The second kappa shape index (κ2) is 7.62. The Bertz CT molecular complexity index is 1280. The van der Waals surface area contributed by atoms with Crippen LogP contribution in [0.15, 0.2) is 30.7 Å². The molecule has 1 fully saturated rings. The van der Waals surface area contributed by atoms with Crippen LogP contribution in [0.4, 0.5) is 5.69 Å². The first kappa shape index (κ1) is 20.0. The number of piperazine rings is 1. The van der Waals surface area contributed by atoms with Crippen molar-refractivity contribution in [1.82, 2.24) is 29.7 Å². The summed E-state index contributed by atoms with van der Waals surface area (Å²) in [5, 5.41) is 4.97. The van der Waals surface area contributed by atoms with Crippen molar-refractivity contribution in [1.29, 1.82) is 0 Å². The van der Waals surface area contributed by atoms with E-state index in [1.165, 1.54) is 0 Å². The fourth-order valence-electron chi connectivity index (χ4n) is 4.25. The number of ether oxygens (including phenoxy) is 1. The number of pyridine rings is 2. The van der Waals surface area contributed by atoms with Gasteiger partial charge in [0.05, 0.1) is 35.4 Å². The Morgan fingerprint density at radius 1 is 1.06 bits per heavy atom. The van der Waals surface area contributed by atoms with Crippen molar-refractivity contribution < 1.29 is 4.74 Å². The summed E-state index contributed by atoms with van der Waals surface area (Å²) in [4.78, 5) is 20.7. The highest BCUT2D eigenvalue weighted by Gasteiger charge is 2.22. The van der Waals surface area contributed by atoms with Gasteiger partial charge in [-0.3, -0.25) is 0 Å². The number of anilines is 1. The SMILES string of the molecule is COc1nc(-c2cc(Cl)c3cc(N4CC(C)NC(C)C4)cnc3n2)cn2cc(C)nc12. The van der Waals surface area contributed by atoms with Gasteiger partial charge >= 0.3 is 0 Å². The number of halogens is 1. The normalized spacial score (nSPS) is 19.3. The van der Waals surface area contributed by atoms with Gasteiger partial charge in [-0.2, -0.15) is 0 Å². The molecule has 4 aromatic heterocycles. The lowest BCUT2D eigenvalue weighted by molar-refractivity contribution is 0.400. The van der Waals surface area contributed by atoms with Gasteiger partial charge in [-0.15, -0.1) is 0 Å². The van der Waals surface area contributed by atoms with Crippen molar-refractivity contribution >= 4 is 34.0 Å². The average Bonchev–Trinajstić information content (AvgIpc) is 3.12. The van der Waals surface area contributed by atoms with Crippen molar-refractivity contribution in [2.75, 3.05) is 25.1 Å². The molecule has 0 radical (unpaired) electrons. The van der Waals surface area contributed by atoms with Crippen LogP contribution >= 0.6 is 11.6 Å². The van der Waals surface area contributed by atoms with Crippen molar-refractivity contribution in [2.45, 2.75) is 32.9 Å². The van der Waals surface area contributed by atoms with Crippen LogP contribution in [-0.2, 0) is 0 Å². The van der Waals surface area contributed by atoms with Crippen LogP contribution in [0.3, 0.4) is 0 Å². The molecule has 2 unspecified atom stereocenters. The summed E-state index contributed by atoms with van der Waals surface area (Å²) < 4.78 is 7.33. The Labute approximate surface area is 185 Å². The Balaban J connectivity index is 1.57. The van der Waals surface area contributed by atoms with Crippen LogP contribution in [0.1, 0.15) is 19.5 Å². The number of nitrogens with one attached hydrogen (secondary N) is 1. The van der Waals surface area contributed by atoms with Crippen molar-refractivity contribution in [3.63, 3.8) is 0 Å². The van der Waals surface area contributed by atoms with E-state index in [0.717, 1.165) is 29.9 Å². The minimum atomic E-state index is 0.415. The second-order valence-corrected chi connectivity index (χ2v) is 8.58. The molecular formula is C22H24ClN7O. The van der Waals surface area contributed by atoms with Crippen LogP contribution in [0.5, 0.6) is 5.88 Å². The third-order valence-electron chi connectivity index (χ3n) is 5.51. The van der Waals surface area contributed by atoms with Gasteiger partial charge in [-0.05, 0) is 32.9 Å². The molecule has 0 aliphatic carbocycles. The molecular weight excluding hydrogens is 414 g/mol. The van der Waals surface area contributed by atoms with E-state index in [4.69, 9.17) is 21.3 Å². The van der Waals surface area contributed by atoms with Crippen molar-refractivity contribution in [3.8, 4) is 17.3 Å². The molecule has 2 atom stereocenters. The highest BCUT2D eigenvalue weighted by Crippen LogP contribution is 2.31. The largest absolute Gasteiger partial charge is 0.478 e. The number of hydrogen-bond donors (Lipinski definition) is 1. The lowest BCUT2D eigenvalue weighted by Crippen LogP contribution is -2.54. The molecule has 0 amide bonds. The van der Waals surface area contributed by atoms with Crippen LogP contribution in [-0.4, -0.2) is 56.6 Å². The third-order valence-corrected chi connectivity index (χ3v) is 5.82. The summed E-state index contributed by atoms with van der Waals surface area (Å²) in [5.41, 5.74) is 4.46. The summed E-state index contributed by atoms with van der Waals surface area (Å²) in [6.45, 7) is 8.16. The Morgan fingerprint density at radius 3 is 2.58 bits per heavy atom. The first-order chi connectivity index (χ1) is 14.9. The molecule has 1 saturated heterocycles. The van der Waals surface area contributed by atoms with Crippen LogP contribution in [0.2, 0.25) is 5.02 Å². The molecule has 0 spiro atoms. The maximum atomic E-state index is 6.69. The number of methoxy groups -OCH3 is 1. The number of rotatable bonds is 3. The van der Waals surface area contributed by atoms with E-state index in [9.17, 15) is 0 Å². The molecule has 9 heteroatoms. The van der Waals surface area contributed by atoms with Gasteiger partial charge in [0, 0.05) is 43.0 Å². The topological polar surface area (TPSA) is 80.5 Å². The minimum absolute atomic E-state index is 0.415. The third kappa shape index (κ3) is 3.66. The maximum absolute atomic E-state index is 6.69. The predicted molar refractivity (Wildman–Crippen MR) is 122 cm³/mol. The van der Waals surface area contributed by atoms with Crippen LogP contribution in [0, 0.1) is 6.92 Å². The zero-order chi connectivity index (χ0) is 21.7. The minimum Gasteiger partial charge on any atom is -0.478 e. The molecule has 1 N–H and O–H groups in total.